The van der Waals surface area contributed by atoms with Crippen molar-refractivity contribution in [3.63, 3.8) is 0 Å². The lowest BCUT2D eigenvalue weighted by molar-refractivity contribution is 0.0492. The van der Waals surface area contributed by atoms with Gasteiger partial charge in [-0.25, -0.2) is 0 Å². The summed E-state index contributed by atoms with van der Waals surface area (Å²) >= 11 is 0. The third-order valence-corrected chi connectivity index (χ3v) is 6.25. The van der Waals surface area contributed by atoms with Gasteiger partial charge in [0.25, 0.3) is 0 Å². The van der Waals surface area contributed by atoms with Crippen molar-refractivity contribution >= 4 is 17.7 Å². The highest BCUT2D eigenvalue weighted by molar-refractivity contribution is 5.92. The molecule has 3 nitrogen and oxygen atoms in total. The molecular weight excluding hydrogens is 306 g/mol. The number of hydrogen-bond acceptors (Lipinski definition) is 1. The fraction of sp³-hybridized carbons (Fsp3) is 0.591. The summed E-state index contributed by atoms with van der Waals surface area (Å²) in [4.78, 5) is 0. The predicted octanol–water partition coefficient (Wildman–Crippen LogP) is 5.43. The summed E-state index contributed by atoms with van der Waals surface area (Å²) in [6, 6.07) is 6.07. The number of rotatable bonds is 4. The SMILES string of the molecule is C=Cc1cccc(NC(=N)NCC2(C)CC3CC(C)CC(C3)C2)c1C. The van der Waals surface area contributed by atoms with E-state index in [-0.39, 0.29) is 0 Å². The zero-order chi connectivity index (χ0) is 18.0. The zero-order valence-electron chi connectivity index (χ0n) is 16.0. The topological polar surface area (TPSA) is 47.9 Å². The molecule has 2 atom stereocenters. The molecule has 0 spiro atoms. The summed E-state index contributed by atoms with van der Waals surface area (Å²) in [5.74, 6) is 3.09. The predicted molar refractivity (Wildman–Crippen MR) is 108 cm³/mol. The van der Waals surface area contributed by atoms with Gasteiger partial charge in [-0.05, 0) is 79.4 Å². The number of anilines is 1. The zero-order valence-corrected chi connectivity index (χ0v) is 16.0. The van der Waals surface area contributed by atoms with E-state index in [2.05, 4.69) is 38.0 Å². The van der Waals surface area contributed by atoms with Gasteiger partial charge in [0, 0.05) is 12.2 Å². The standard InChI is InChI=1S/C22H33N3/c1-5-19-7-6-8-20(16(19)3)25-21(23)24-14-22(4)12-17-9-15(2)10-18(11-17)13-22/h5-8,15,17-18H,1,9-14H2,2-4H3,(H3,23,24,25). The Bertz CT molecular complexity index is 631. The Morgan fingerprint density at radius 2 is 1.96 bits per heavy atom. The Morgan fingerprint density at radius 3 is 2.60 bits per heavy atom. The lowest BCUT2D eigenvalue weighted by Crippen LogP contribution is -2.44. The smallest absolute Gasteiger partial charge is 0.192 e. The van der Waals surface area contributed by atoms with E-state index in [1.807, 2.05) is 24.3 Å². The Labute approximate surface area is 152 Å². The molecule has 1 aromatic carbocycles. The average molecular weight is 340 g/mol. The fourth-order valence-corrected chi connectivity index (χ4v) is 5.34. The van der Waals surface area contributed by atoms with Crippen LogP contribution in [0.1, 0.15) is 57.1 Å². The molecule has 1 aromatic rings. The van der Waals surface area contributed by atoms with Crippen molar-refractivity contribution in [2.24, 2.45) is 23.2 Å². The minimum atomic E-state index is 0.319. The maximum atomic E-state index is 8.30. The molecule has 0 aromatic heterocycles. The highest BCUT2D eigenvalue weighted by Crippen LogP contribution is 2.49. The van der Waals surface area contributed by atoms with Crippen molar-refractivity contribution < 1.29 is 0 Å². The average Bonchev–Trinajstić information content (AvgIpc) is 2.54. The first-order valence-electron chi connectivity index (χ1n) is 9.70. The van der Waals surface area contributed by atoms with Crippen LogP contribution < -0.4 is 10.6 Å². The molecule has 0 amide bonds. The molecule has 2 bridgehead atoms. The maximum absolute atomic E-state index is 8.30. The van der Waals surface area contributed by atoms with E-state index in [0.717, 1.165) is 41.1 Å². The molecule has 136 valence electrons. The van der Waals surface area contributed by atoms with Crippen LogP contribution in [0.3, 0.4) is 0 Å². The van der Waals surface area contributed by atoms with Crippen molar-refractivity contribution in [2.75, 3.05) is 11.9 Å². The first-order valence-corrected chi connectivity index (χ1v) is 9.70. The quantitative estimate of drug-likeness (QED) is 0.506. The fourth-order valence-electron chi connectivity index (χ4n) is 5.34. The van der Waals surface area contributed by atoms with Crippen LogP contribution in [0.15, 0.2) is 24.8 Å². The molecule has 0 heterocycles. The Balaban J connectivity index is 1.56. The Kier molecular flexibility index (Phi) is 5.21. The van der Waals surface area contributed by atoms with Gasteiger partial charge in [-0.3, -0.25) is 5.41 Å². The molecule has 2 saturated carbocycles. The Morgan fingerprint density at radius 1 is 1.28 bits per heavy atom. The van der Waals surface area contributed by atoms with Gasteiger partial charge in [0.2, 0.25) is 0 Å². The van der Waals surface area contributed by atoms with Crippen LogP contribution in [-0.4, -0.2) is 12.5 Å². The van der Waals surface area contributed by atoms with Crippen LogP contribution in [0.2, 0.25) is 0 Å². The number of nitrogens with one attached hydrogen (secondary N) is 3. The van der Waals surface area contributed by atoms with Crippen LogP contribution in [0.4, 0.5) is 5.69 Å². The first kappa shape index (κ1) is 18.0. The third kappa shape index (κ3) is 4.26. The van der Waals surface area contributed by atoms with Gasteiger partial charge < -0.3 is 10.6 Å². The van der Waals surface area contributed by atoms with Gasteiger partial charge in [-0.1, -0.05) is 38.6 Å². The summed E-state index contributed by atoms with van der Waals surface area (Å²) in [6.07, 6.45) is 8.70. The van der Waals surface area contributed by atoms with Gasteiger partial charge >= 0.3 is 0 Å². The summed E-state index contributed by atoms with van der Waals surface area (Å²) in [5.41, 5.74) is 3.55. The van der Waals surface area contributed by atoms with E-state index in [4.69, 9.17) is 5.41 Å². The molecule has 2 aliphatic carbocycles. The minimum Gasteiger partial charge on any atom is -0.356 e. The van der Waals surface area contributed by atoms with Crippen molar-refractivity contribution in [3.05, 3.63) is 35.9 Å². The van der Waals surface area contributed by atoms with Crippen molar-refractivity contribution in [3.8, 4) is 0 Å². The van der Waals surface area contributed by atoms with Crippen molar-refractivity contribution in [1.82, 2.24) is 5.32 Å². The van der Waals surface area contributed by atoms with E-state index in [9.17, 15) is 0 Å². The molecule has 2 aliphatic rings. The van der Waals surface area contributed by atoms with Crippen LogP contribution in [0.5, 0.6) is 0 Å². The normalized spacial score (nSPS) is 31.2. The van der Waals surface area contributed by atoms with E-state index in [0.29, 0.717) is 11.4 Å². The van der Waals surface area contributed by atoms with E-state index in [1.165, 1.54) is 32.1 Å². The van der Waals surface area contributed by atoms with Gasteiger partial charge in [0.05, 0.1) is 0 Å². The number of guanidine groups is 1. The van der Waals surface area contributed by atoms with Crippen LogP contribution >= 0.6 is 0 Å². The molecule has 0 aliphatic heterocycles. The van der Waals surface area contributed by atoms with Crippen LogP contribution in [-0.2, 0) is 0 Å². The van der Waals surface area contributed by atoms with Gasteiger partial charge in [-0.15, -0.1) is 0 Å². The number of benzene rings is 1. The second kappa shape index (κ2) is 7.23. The minimum absolute atomic E-state index is 0.319. The van der Waals surface area contributed by atoms with E-state index >= 15 is 0 Å². The van der Waals surface area contributed by atoms with Gasteiger partial charge in [0.15, 0.2) is 5.96 Å². The molecule has 2 fully saturated rings. The lowest BCUT2D eigenvalue weighted by atomic mass is 9.59. The third-order valence-electron chi connectivity index (χ3n) is 6.25. The number of fused-ring (bicyclic) bond motifs is 2. The summed E-state index contributed by atoms with van der Waals surface area (Å²) in [6.45, 7) is 11.6. The second-order valence-electron chi connectivity index (χ2n) is 8.84. The lowest BCUT2D eigenvalue weighted by Gasteiger charge is -2.47. The van der Waals surface area contributed by atoms with Crippen molar-refractivity contribution in [1.29, 1.82) is 5.41 Å². The van der Waals surface area contributed by atoms with Gasteiger partial charge in [0.1, 0.15) is 0 Å². The molecule has 3 rings (SSSR count). The van der Waals surface area contributed by atoms with E-state index in [1.54, 1.807) is 0 Å². The summed E-state index contributed by atoms with van der Waals surface area (Å²) in [5, 5.41) is 14.9. The first-order chi connectivity index (χ1) is 11.9. The molecule has 25 heavy (non-hydrogen) atoms. The highest BCUT2D eigenvalue weighted by atomic mass is 15.1. The second-order valence-corrected chi connectivity index (χ2v) is 8.84. The molecule has 3 heteroatoms. The maximum Gasteiger partial charge on any atom is 0.192 e. The van der Waals surface area contributed by atoms with Crippen LogP contribution in [0, 0.1) is 35.5 Å². The molecule has 0 saturated heterocycles. The largest absolute Gasteiger partial charge is 0.356 e. The molecule has 3 N–H and O–H groups in total. The molecule has 2 unspecified atom stereocenters. The summed E-state index contributed by atoms with van der Waals surface area (Å²) < 4.78 is 0. The van der Waals surface area contributed by atoms with E-state index < -0.39 is 0 Å². The van der Waals surface area contributed by atoms with Gasteiger partial charge in [-0.2, -0.15) is 0 Å². The van der Waals surface area contributed by atoms with Crippen LogP contribution in [0.25, 0.3) is 6.08 Å². The summed E-state index contributed by atoms with van der Waals surface area (Å²) in [7, 11) is 0. The monoisotopic (exact) mass is 339 g/mol. The molecule has 0 radical (unpaired) electrons. The Hall–Kier alpha value is -1.77. The number of hydrogen-bond donors (Lipinski definition) is 3. The highest BCUT2D eigenvalue weighted by Gasteiger charge is 2.40. The molecular formula is C22H33N3. The van der Waals surface area contributed by atoms with Crippen molar-refractivity contribution in [2.45, 2.75) is 52.9 Å².